The quantitative estimate of drug-likeness (QED) is 0.682. The molecule has 150 valence electrons. The van der Waals surface area contributed by atoms with Gasteiger partial charge in [0.15, 0.2) is 6.54 Å². The molecule has 2 aromatic carbocycles. The maximum Gasteiger partial charge on any atom is 0.279 e. The standard InChI is InChI=1S/C23H31N3O2/c1-17-6-8-22(28-4)20(13-17)15-25-9-11-26(12-10-25)16-23(27)24-21-14-18(2)5-7-19(21)3/h5-8,13-14H,9-12,15-16H2,1-4H3,(H,24,27)/p+2. The van der Waals surface area contributed by atoms with E-state index >= 15 is 0 Å². The van der Waals surface area contributed by atoms with E-state index < -0.39 is 0 Å². The van der Waals surface area contributed by atoms with E-state index in [-0.39, 0.29) is 5.91 Å². The van der Waals surface area contributed by atoms with Crippen molar-refractivity contribution < 1.29 is 19.3 Å². The van der Waals surface area contributed by atoms with Crippen LogP contribution in [-0.4, -0.2) is 45.7 Å². The van der Waals surface area contributed by atoms with Gasteiger partial charge in [0.1, 0.15) is 38.5 Å². The maximum atomic E-state index is 12.5. The van der Waals surface area contributed by atoms with Crippen LogP contribution < -0.4 is 19.9 Å². The number of rotatable bonds is 6. The van der Waals surface area contributed by atoms with E-state index in [1.807, 2.05) is 19.9 Å². The van der Waals surface area contributed by atoms with Crippen LogP contribution >= 0.6 is 0 Å². The summed E-state index contributed by atoms with van der Waals surface area (Å²) in [6.07, 6.45) is 0. The minimum atomic E-state index is 0.104. The second kappa shape index (κ2) is 9.22. The Morgan fingerprint density at radius 1 is 0.964 bits per heavy atom. The molecule has 1 saturated heterocycles. The topological polar surface area (TPSA) is 47.2 Å². The molecule has 3 N–H and O–H groups in total. The zero-order valence-electron chi connectivity index (χ0n) is 17.5. The lowest BCUT2D eigenvalue weighted by atomic mass is 10.1. The van der Waals surface area contributed by atoms with Crippen LogP contribution in [0.3, 0.4) is 0 Å². The van der Waals surface area contributed by atoms with Crippen molar-refractivity contribution in [3.63, 3.8) is 0 Å². The van der Waals surface area contributed by atoms with Gasteiger partial charge in [0.05, 0.1) is 7.11 Å². The van der Waals surface area contributed by atoms with Crippen molar-refractivity contribution in [1.29, 1.82) is 0 Å². The number of benzene rings is 2. The van der Waals surface area contributed by atoms with Crippen LogP contribution in [0, 0.1) is 20.8 Å². The molecular weight excluding hydrogens is 350 g/mol. The highest BCUT2D eigenvalue weighted by molar-refractivity contribution is 5.92. The number of carbonyl (C=O) groups excluding carboxylic acids is 1. The summed E-state index contributed by atoms with van der Waals surface area (Å²) >= 11 is 0. The van der Waals surface area contributed by atoms with E-state index in [1.165, 1.54) is 16.0 Å². The van der Waals surface area contributed by atoms with Crippen LogP contribution in [0.25, 0.3) is 0 Å². The number of carbonyl (C=O) groups is 1. The second-order valence-corrected chi connectivity index (χ2v) is 8.04. The Morgan fingerprint density at radius 3 is 2.32 bits per heavy atom. The minimum Gasteiger partial charge on any atom is -0.496 e. The number of ether oxygens (including phenoxy) is 1. The van der Waals surface area contributed by atoms with Crippen LogP contribution in [0.15, 0.2) is 36.4 Å². The number of hydrogen-bond donors (Lipinski definition) is 3. The van der Waals surface area contributed by atoms with Crippen LogP contribution in [0.4, 0.5) is 5.69 Å². The Kier molecular flexibility index (Phi) is 6.70. The molecule has 0 spiro atoms. The zero-order valence-corrected chi connectivity index (χ0v) is 17.5. The molecule has 2 aromatic rings. The van der Waals surface area contributed by atoms with Gasteiger partial charge in [-0.25, -0.2) is 0 Å². The SMILES string of the molecule is COc1ccc(C)cc1C[NH+]1CC[NH+](CC(=O)Nc2cc(C)ccc2C)CC1. The summed E-state index contributed by atoms with van der Waals surface area (Å²) in [5.41, 5.74) is 5.74. The fourth-order valence-electron chi connectivity index (χ4n) is 3.92. The summed E-state index contributed by atoms with van der Waals surface area (Å²) in [5, 5.41) is 3.09. The average molecular weight is 384 g/mol. The summed E-state index contributed by atoms with van der Waals surface area (Å²) in [5.74, 6) is 1.08. The molecule has 0 atom stereocenters. The Labute approximate surface area is 168 Å². The van der Waals surface area contributed by atoms with Gasteiger partial charge < -0.3 is 19.9 Å². The van der Waals surface area contributed by atoms with Crippen molar-refractivity contribution in [2.75, 3.05) is 45.2 Å². The van der Waals surface area contributed by atoms with Crippen molar-refractivity contribution in [1.82, 2.24) is 0 Å². The molecule has 0 unspecified atom stereocenters. The highest BCUT2D eigenvalue weighted by Gasteiger charge is 2.25. The number of quaternary nitrogens is 2. The van der Waals surface area contributed by atoms with Crippen molar-refractivity contribution in [2.45, 2.75) is 27.3 Å². The van der Waals surface area contributed by atoms with Crippen LogP contribution in [0.2, 0.25) is 0 Å². The third-order valence-corrected chi connectivity index (χ3v) is 5.62. The molecule has 0 aliphatic carbocycles. The molecule has 1 heterocycles. The smallest absolute Gasteiger partial charge is 0.279 e. The lowest BCUT2D eigenvalue weighted by molar-refractivity contribution is -1.02. The summed E-state index contributed by atoms with van der Waals surface area (Å²) in [7, 11) is 1.74. The highest BCUT2D eigenvalue weighted by atomic mass is 16.5. The number of nitrogens with one attached hydrogen (secondary N) is 3. The molecular formula is C23H33N3O2+2. The van der Waals surface area contributed by atoms with Crippen molar-refractivity contribution in [3.05, 3.63) is 58.7 Å². The lowest BCUT2D eigenvalue weighted by Gasteiger charge is -2.29. The average Bonchev–Trinajstić information content (AvgIpc) is 2.66. The monoisotopic (exact) mass is 383 g/mol. The van der Waals surface area contributed by atoms with Gasteiger partial charge in [-0.05, 0) is 50.1 Å². The Bertz CT molecular complexity index is 827. The first-order valence-corrected chi connectivity index (χ1v) is 10.1. The van der Waals surface area contributed by atoms with Gasteiger partial charge >= 0.3 is 0 Å². The van der Waals surface area contributed by atoms with E-state index in [1.54, 1.807) is 12.0 Å². The first-order chi connectivity index (χ1) is 13.4. The molecule has 1 aliphatic rings. The predicted octanol–water partition coefficient (Wildman–Crippen LogP) is 0.543. The first-order valence-electron chi connectivity index (χ1n) is 10.1. The number of piperazine rings is 1. The van der Waals surface area contributed by atoms with Gasteiger partial charge in [0.2, 0.25) is 0 Å². The van der Waals surface area contributed by atoms with Gasteiger partial charge in [-0.1, -0.05) is 23.8 Å². The van der Waals surface area contributed by atoms with Crippen LogP contribution in [0.1, 0.15) is 22.3 Å². The third kappa shape index (κ3) is 5.33. The van der Waals surface area contributed by atoms with Gasteiger partial charge in [0.25, 0.3) is 5.91 Å². The number of anilines is 1. The van der Waals surface area contributed by atoms with E-state index in [0.717, 1.165) is 55.3 Å². The molecule has 28 heavy (non-hydrogen) atoms. The number of aryl methyl sites for hydroxylation is 3. The fraction of sp³-hybridized carbons (Fsp3) is 0.435. The number of hydrogen-bond acceptors (Lipinski definition) is 2. The summed E-state index contributed by atoms with van der Waals surface area (Å²) in [4.78, 5) is 15.4. The molecule has 0 aromatic heterocycles. The van der Waals surface area contributed by atoms with Gasteiger partial charge in [-0.3, -0.25) is 4.79 Å². The third-order valence-electron chi connectivity index (χ3n) is 5.62. The van der Waals surface area contributed by atoms with Crippen molar-refractivity contribution in [2.24, 2.45) is 0 Å². The molecule has 1 amide bonds. The van der Waals surface area contributed by atoms with E-state index in [9.17, 15) is 4.79 Å². The molecule has 5 nitrogen and oxygen atoms in total. The molecule has 0 radical (unpaired) electrons. The van der Waals surface area contributed by atoms with Crippen molar-refractivity contribution in [3.8, 4) is 5.75 Å². The number of methoxy groups -OCH3 is 1. The van der Waals surface area contributed by atoms with Crippen LogP contribution in [-0.2, 0) is 11.3 Å². The normalized spacial score (nSPS) is 19.3. The van der Waals surface area contributed by atoms with E-state index in [4.69, 9.17) is 4.74 Å². The molecule has 1 fully saturated rings. The second-order valence-electron chi connectivity index (χ2n) is 8.04. The number of amides is 1. The minimum absolute atomic E-state index is 0.104. The fourth-order valence-corrected chi connectivity index (χ4v) is 3.92. The molecule has 0 saturated carbocycles. The Balaban J connectivity index is 1.49. The molecule has 5 heteroatoms. The zero-order chi connectivity index (χ0) is 20.1. The molecule has 1 aliphatic heterocycles. The summed E-state index contributed by atoms with van der Waals surface area (Å²) in [6, 6.07) is 12.5. The Hall–Kier alpha value is -2.37. The summed E-state index contributed by atoms with van der Waals surface area (Å²) in [6.45, 7) is 11.9. The lowest BCUT2D eigenvalue weighted by Crippen LogP contribution is -3.28. The van der Waals surface area contributed by atoms with Crippen LogP contribution in [0.5, 0.6) is 5.75 Å². The van der Waals surface area contributed by atoms with Gasteiger partial charge in [0, 0.05) is 11.3 Å². The predicted molar refractivity (Wildman–Crippen MR) is 112 cm³/mol. The van der Waals surface area contributed by atoms with Gasteiger partial charge in [-0.15, -0.1) is 0 Å². The summed E-state index contributed by atoms with van der Waals surface area (Å²) < 4.78 is 5.52. The van der Waals surface area contributed by atoms with Gasteiger partial charge in [-0.2, -0.15) is 0 Å². The van der Waals surface area contributed by atoms with E-state index in [0.29, 0.717) is 6.54 Å². The van der Waals surface area contributed by atoms with Crippen molar-refractivity contribution >= 4 is 11.6 Å². The molecule has 3 rings (SSSR count). The Morgan fingerprint density at radius 2 is 1.61 bits per heavy atom. The highest BCUT2D eigenvalue weighted by Crippen LogP contribution is 2.18. The first kappa shape index (κ1) is 20.4. The maximum absolute atomic E-state index is 12.5. The van der Waals surface area contributed by atoms with E-state index in [2.05, 4.69) is 42.6 Å². The largest absolute Gasteiger partial charge is 0.496 e. The molecule has 0 bridgehead atoms.